The normalized spacial score (nSPS) is 11.3. The van der Waals surface area contributed by atoms with Crippen molar-refractivity contribution in [1.82, 2.24) is 9.97 Å². The molecule has 0 saturated heterocycles. The number of pyridine rings is 1. The summed E-state index contributed by atoms with van der Waals surface area (Å²) in [5.74, 6) is -0.337. The van der Waals surface area contributed by atoms with Crippen molar-refractivity contribution >= 4 is 34.0 Å². The van der Waals surface area contributed by atoms with E-state index in [-0.39, 0.29) is 5.82 Å². The van der Waals surface area contributed by atoms with Gasteiger partial charge in [0.1, 0.15) is 11.5 Å². The molecule has 0 spiro atoms. The molecule has 23 heavy (non-hydrogen) atoms. The second-order valence-corrected chi connectivity index (χ2v) is 7.04. The van der Waals surface area contributed by atoms with E-state index in [1.807, 2.05) is 6.07 Å². The first-order chi connectivity index (χ1) is 11.1. The average Bonchev–Trinajstić information content (AvgIpc) is 3.13. The number of nitrogens with zero attached hydrogens (tertiary/aromatic N) is 1. The van der Waals surface area contributed by atoms with Crippen molar-refractivity contribution < 1.29 is 4.39 Å². The molecule has 5 heteroatoms. The van der Waals surface area contributed by atoms with Crippen LogP contribution in [0.25, 0.3) is 32.6 Å². The second kappa shape index (κ2) is 5.48. The summed E-state index contributed by atoms with van der Waals surface area (Å²) in [5, 5.41) is 1.31. The number of H-pyrrole nitrogens is 1. The Morgan fingerprint density at radius 3 is 2.70 bits per heavy atom. The molecule has 4 rings (SSSR count). The summed E-state index contributed by atoms with van der Waals surface area (Å²) in [5.41, 5.74) is 3.11. The number of aromatic amines is 1. The Morgan fingerprint density at radius 2 is 1.96 bits per heavy atom. The molecule has 0 fully saturated rings. The predicted octanol–water partition coefficient (Wildman–Crippen LogP) is 6.06. The summed E-state index contributed by atoms with van der Waals surface area (Å²) in [6.07, 6.45) is 3.57. The number of aromatic nitrogens is 2. The van der Waals surface area contributed by atoms with Gasteiger partial charge in [-0.3, -0.25) is 0 Å². The lowest BCUT2D eigenvalue weighted by molar-refractivity contribution is 0.631. The molecule has 3 heterocycles. The van der Waals surface area contributed by atoms with Crippen LogP contribution in [0.15, 0.2) is 48.8 Å². The van der Waals surface area contributed by atoms with Gasteiger partial charge in [0, 0.05) is 49.2 Å². The number of aryl methyl sites for hydroxylation is 1. The van der Waals surface area contributed by atoms with Crippen molar-refractivity contribution in [1.29, 1.82) is 0 Å². The van der Waals surface area contributed by atoms with E-state index in [9.17, 15) is 4.39 Å². The molecule has 0 amide bonds. The van der Waals surface area contributed by atoms with Crippen LogP contribution in [0.5, 0.6) is 0 Å². The minimum atomic E-state index is -0.337. The van der Waals surface area contributed by atoms with Crippen molar-refractivity contribution in [2.24, 2.45) is 0 Å². The Labute approximate surface area is 141 Å². The summed E-state index contributed by atoms with van der Waals surface area (Å²) in [7, 11) is 0. The van der Waals surface area contributed by atoms with Crippen molar-refractivity contribution in [3.05, 3.63) is 64.5 Å². The van der Waals surface area contributed by atoms with Gasteiger partial charge >= 0.3 is 0 Å². The number of benzene rings is 1. The van der Waals surface area contributed by atoms with Crippen LogP contribution in [0, 0.1) is 12.7 Å². The lowest BCUT2D eigenvalue weighted by Gasteiger charge is -2.06. The van der Waals surface area contributed by atoms with Crippen molar-refractivity contribution in [2.75, 3.05) is 0 Å². The van der Waals surface area contributed by atoms with Crippen LogP contribution < -0.4 is 0 Å². The number of thiophene rings is 1. The Hall–Kier alpha value is -2.17. The number of nitrogens with one attached hydrogen (secondary N) is 1. The van der Waals surface area contributed by atoms with E-state index in [4.69, 9.17) is 11.6 Å². The molecule has 0 atom stereocenters. The Morgan fingerprint density at radius 1 is 1.09 bits per heavy atom. The minimum Gasteiger partial charge on any atom is -0.345 e. The highest BCUT2D eigenvalue weighted by Gasteiger charge is 2.16. The van der Waals surface area contributed by atoms with E-state index >= 15 is 0 Å². The van der Waals surface area contributed by atoms with E-state index in [0.717, 1.165) is 27.0 Å². The van der Waals surface area contributed by atoms with Crippen LogP contribution >= 0.6 is 22.9 Å². The number of halogens is 2. The smallest absolute Gasteiger partial charge is 0.138 e. The summed E-state index contributed by atoms with van der Waals surface area (Å²) in [6, 6.07) is 10.9. The molecule has 0 saturated carbocycles. The molecule has 3 aromatic heterocycles. The Bertz CT molecular complexity index is 1020. The van der Waals surface area contributed by atoms with E-state index in [2.05, 4.69) is 29.0 Å². The van der Waals surface area contributed by atoms with Crippen molar-refractivity contribution in [3.8, 4) is 21.6 Å². The van der Waals surface area contributed by atoms with Gasteiger partial charge < -0.3 is 4.98 Å². The van der Waals surface area contributed by atoms with Gasteiger partial charge in [0.25, 0.3) is 0 Å². The zero-order valence-corrected chi connectivity index (χ0v) is 13.8. The van der Waals surface area contributed by atoms with Crippen LogP contribution in [0.4, 0.5) is 4.39 Å². The molecule has 0 aliphatic rings. The molecular formula is C18H12ClFN2S. The van der Waals surface area contributed by atoms with Gasteiger partial charge in [-0.1, -0.05) is 11.6 Å². The quantitative estimate of drug-likeness (QED) is 0.471. The molecule has 1 aromatic carbocycles. The molecule has 0 aliphatic heterocycles. The molecular weight excluding hydrogens is 331 g/mol. The number of hydrogen-bond donors (Lipinski definition) is 1. The third kappa shape index (κ3) is 2.44. The highest BCUT2D eigenvalue weighted by Crippen LogP contribution is 2.39. The fourth-order valence-electron chi connectivity index (χ4n) is 2.76. The third-order valence-corrected chi connectivity index (χ3v) is 5.07. The van der Waals surface area contributed by atoms with E-state index < -0.39 is 0 Å². The first kappa shape index (κ1) is 14.4. The van der Waals surface area contributed by atoms with Crippen LogP contribution in [0.1, 0.15) is 4.88 Å². The van der Waals surface area contributed by atoms with Crippen LogP contribution in [-0.2, 0) is 0 Å². The lowest BCUT2D eigenvalue weighted by Crippen LogP contribution is -1.85. The maximum Gasteiger partial charge on any atom is 0.138 e. The fourth-order valence-corrected chi connectivity index (χ4v) is 3.82. The highest BCUT2D eigenvalue weighted by atomic mass is 35.5. The molecule has 0 aliphatic carbocycles. The van der Waals surface area contributed by atoms with Gasteiger partial charge in [-0.05, 0) is 43.3 Å². The monoisotopic (exact) mass is 342 g/mol. The SMILES string of the molecule is Cc1ccc(-c2ccnc3[nH]cc(-c4ccc(Cl)cc4F)c23)s1. The summed E-state index contributed by atoms with van der Waals surface area (Å²) >= 11 is 7.58. The van der Waals surface area contributed by atoms with Gasteiger partial charge in [0.05, 0.1) is 0 Å². The van der Waals surface area contributed by atoms with Crippen LogP contribution in [-0.4, -0.2) is 9.97 Å². The zero-order chi connectivity index (χ0) is 16.0. The molecule has 0 radical (unpaired) electrons. The predicted molar refractivity (Wildman–Crippen MR) is 94.5 cm³/mol. The lowest BCUT2D eigenvalue weighted by atomic mass is 10.0. The van der Waals surface area contributed by atoms with E-state index in [1.54, 1.807) is 35.9 Å². The van der Waals surface area contributed by atoms with Crippen LogP contribution in [0.3, 0.4) is 0 Å². The number of hydrogen-bond acceptors (Lipinski definition) is 2. The van der Waals surface area contributed by atoms with E-state index in [0.29, 0.717) is 10.6 Å². The average molecular weight is 343 g/mol. The molecule has 1 N–H and O–H groups in total. The van der Waals surface area contributed by atoms with E-state index in [1.165, 1.54) is 10.9 Å². The largest absolute Gasteiger partial charge is 0.345 e. The second-order valence-electron chi connectivity index (χ2n) is 5.32. The molecule has 4 aromatic rings. The highest BCUT2D eigenvalue weighted by molar-refractivity contribution is 7.15. The van der Waals surface area contributed by atoms with Crippen molar-refractivity contribution in [3.63, 3.8) is 0 Å². The third-order valence-electron chi connectivity index (χ3n) is 3.80. The first-order valence-electron chi connectivity index (χ1n) is 7.12. The van der Waals surface area contributed by atoms with Gasteiger partial charge in [0.2, 0.25) is 0 Å². The minimum absolute atomic E-state index is 0.337. The summed E-state index contributed by atoms with van der Waals surface area (Å²) in [6.45, 7) is 2.07. The Balaban J connectivity index is 2.02. The zero-order valence-electron chi connectivity index (χ0n) is 12.2. The maximum atomic E-state index is 14.4. The molecule has 2 nitrogen and oxygen atoms in total. The van der Waals surface area contributed by atoms with Crippen molar-refractivity contribution in [2.45, 2.75) is 6.92 Å². The fraction of sp³-hybridized carbons (Fsp3) is 0.0556. The molecule has 0 unspecified atom stereocenters. The molecule has 0 bridgehead atoms. The maximum absolute atomic E-state index is 14.4. The van der Waals surface area contributed by atoms with Crippen LogP contribution in [0.2, 0.25) is 5.02 Å². The summed E-state index contributed by atoms with van der Waals surface area (Å²) < 4.78 is 14.4. The standard InChI is InChI=1S/C18H12ClFN2S/c1-10-2-5-16(23-10)13-6-7-21-18-17(13)14(9-22-18)12-4-3-11(19)8-15(12)20/h2-9H,1H3,(H,21,22). The molecule has 114 valence electrons. The van der Waals surface area contributed by atoms with Gasteiger partial charge in [0.15, 0.2) is 0 Å². The topological polar surface area (TPSA) is 28.7 Å². The number of fused-ring (bicyclic) bond motifs is 1. The number of rotatable bonds is 2. The van der Waals surface area contributed by atoms with Gasteiger partial charge in [-0.25, -0.2) is 9.37 Å². The summed E-state index contributed by atoms with van der Waals surface area (Å²) in [4.78, 5) is 9.89. The van der Waals surface area contributed by atoms with Gasteiger partial charge in [-0.15, -0.1) is 11.3 Å². The van der Waals surface area contributed by atoms with Gasteiger partial charge in [-0.2, -0.15) is 0 Å². The first-order valence-corrected chi connectivity index (χ1v) is 8.31. The Kier molecular flexibility index (Phi) is 3.43.